The van der Waals surface area contributed by atoms with Crippen LogP contribution in [-0.2, 0) is 30.6 Å². The number of rotatable bonds is 7. The van der Waals surface area contributed by atoms with Gasteiger partial charge in [-0.15, -0.1) is 0 Å². The van der Waals surface area contributed by atoms with E-state index in [2.05, 4.69) is 124 Å². The Kier molecular flexibility index (Phi) is 10.3. The van der Waals surface area contributed by atoms with Crippen molar-refractivity contribution in [1.82, 2.24) is 0 Å². The Hall–Kier alpha value is -1.48. The number of fused-ring (bicyclic) bond motifs is 5. The quantitative estimate of drug-likeness (QED) is 0.350. The standard InChI is InChI=1S/C34H36OSi.2ClH.Zr/c1-5-34(22-23-35-36(2,3)4,32-28-18-10-6-14-24(28)25-15-7-11-19-29(25)32)33-30-20-12-8-16-26(30)27-17-9-13-21-31(27)33;;;/h6-21,28,33H,5,22-23H2,1-4H3;2*1H;/q;;;+2/p-2. The third-order valence-electron chi connectivity index (χ3n) is 8.50. The predicted molar refractivity (Wildman–Crippen MR) is 155 cm³/mol. The van der Waals surface area contributed by atoms with Crippen LogP contribution in [0.3, 0.4) is 0 Å². The fraction of sp³-hybridized carbons (Fsp3) is 0.294. The van der Waals surface area contributed by atoms with Gasteiger partial charge < -0.3 is 29.2 Å². The second-order valence-electron chi connectivity index (χ2n) is 11.5. The van der Waals surface area contributed by atoms with Crippen molar-refractivity contribution in [2.24, 2.45) is 11.3 Å². The van der Waals surface area contributed by atoms with Gasteiger partial charge in [0.2, 0.25) is 0 Å². The number of hydrogen-bond acceptors (Lipinski definition) is 1. The molecule has 3 aliphatic rings. The van der Waals surface area contributed by atoms with Crippen LogP contribution < -0.4 is 35.3 Å². The van der Waals surface area contributed by atoms with Crippen molar-refractivity contribution in [3.8, 4) is 11.1 Å². The van der Waals surface area contributed by atoms with E-state index < -0.39 is 8.32 Å². The van der Waals surface area contributed by atoms with E-state index in [1.807, 2.05) is 0 Å². The first-order chi connectivity index (χ1) is 17.4. The van der Waals surface area contributed by atoms with Crippen molar-refractivity contribution in [3.63, 3.8) is 0 Å². The summed E-state index contributed by atoms with van der Waals surface area (Å²) >= 11 is 0. The van der Waals surface area contributed by atoms with Gasteiger partial charge in [-0.25, -0.2) is 0 Å². The Morgan fingerprint density at radius 2 is 1.33 bits per heavy atom. The molecule has 1 nitrogen and oxygen atoms in total. The average molecular weight is 651 g/mol. The summed E-state index contributed by atoms with van der Waals surface area (Å²) in [7, 11) is -1.64. The summed E-state index contributed by atoms with van der Waals surface area (Å²) in [5, 5.41) is 2.84. The van der Waals surface area contributed by atoms with Crippen LogP contribution in [0.25, 0.3) is 22.3 Å². The first-order valence-corrected chi connectivity index (χ1v) is 16.9. The molecule has 0 saturated carbocycles. The summed E-state index contributed by atoms with van der Waals surface area (Å²) in [6.07, 6.45) is 11.3. The van der Waals surface area contributed by atoms with Gasteiger partial charge >= 0.3 is 26.2 Å². The molecule has 0 bridgehead atoms. The van der Waals surface area contributed by atoms with Crippen molar-refractivity contribution in [1.29, 1.82) is 0 Å². The fourth-order valence-electron chi connectivity index (χ4n) is 7.06. The van der Waals surface area contributed by atoms with E-state index in [1.165, 1.54) is 38.3 Å². The minimum atomic E-state index is -1.64. The molecule has 0 aromatic heterocycles. The Morgan fingerprint density at radius 3 is 1.92 bits per heavy atom. The second kappa shape index (κ2) is 12.6. The maximum atomic E-state index is 6.59. The number of halogens is 2. The summed E-state index contributed by atoms with van der Waals surface area (Å²) in [5.41, 5.74) is 8.73. The van der Waals surface area contributed by atoms with Crippen molar-refractivity contribution >= 4 is 19.5 Å². The van der Waals surface area contributed by atoms with Crippen molar-refractivity contribution in [2.45, 2.75) is 45.3 Å². The summed E-state index contributed by atoms with van der Waals surface area (Å²) in [6, 6.07) is 27.4. The van der Waals surface area contributed by atoms with Gasteiger partial charge in [0.05, 0.1) is 0 Å². The summed E-state index contributed by atoms with van der Waals surface area (Å²) < 4.78 is 6.59. The molecule has 0 amide bonds. The van der Waals surface area contributed by atoms with E-state index in [9.17, 15) is 0 Å². The molecule has 3 aliphatic carbocycles. The maximum absolute atomic E-state index is 6.59. The van der Waals surface area contributed by atoms with E-state index in [-0.39, 0.29) is 56.4 Å². The molecular weight excluding hydrogens is 615 g/mol. The van der Waals surface area contributed by atoms with Gasteiger partial charge in [-0.2, -0.15) is 0 Å². The number of allylic oxidation sites excluding steroid dienone is 4. The molecule has 0 saturated heterocycles. The van der Waals surface area contributed by atoms with Crippen molar-refractivity contribution < 1.29 is 55.4 Å². The van der Waals surface area contributed by atoms with Crippen LogP contribution in [-0.4, -0.2) is 14.9 Å². The molecule has 0 spiro atoms. The van der Waals surface area contributed by atoms with Crippen LogP contribution in [0.1, 0.15) is 36.8 Å². The van der Waals surface area contributed by atoms with E-state index in [1.54, 1.807) is 5.57 Å². The molecule has 0 fully saturated rings. The van der Waals surface area contributed by atoms with Crippen LogP contribution in [0.2, 0.25) is 19.6 Å². The van der Waals surface area contributed by atoms with E-state index in [0.717, 1.165) is 19.4 Å². The SMILES string of the molecule is CCC(CCO[Si](C)(C)C)(C1=c2ccccc2=C2C=CC=CC21)C1c2ccccc2-c2ccccc21.[Cl-].[Cl-].[Zr+2]. The third kappa shape index (κ3) is 5.43. The van der Waals surface area contributed by atoms with Gasteiger partial charge in [-0.05, 0) is 76.3 Å². The summed E-state index contributed by atoms with van der Waals surface area (Å²) in [5.74, 6) is 0.626. The monoisotopic (exact) mass is 648 g/mol. The van der Waals surface area contributed by atoms with E-state index in [0.29, 0.717) is 11.8 Å². The molecular formula is C34H36Cl2OSiZr. The normalized spacial score (nSPS) is 18.1. The van der Waals surface area contributed by atoms with Crippen LogP contribution in [0.15, 0.2) is 97.1 Å². The number of benzene rings is 3. The summed E-state index contributed by atoms with van der Waals surface area (Å²) in [6.45, 7) is 10.1. The van der Waals surface area contributed by atoms with Gasteiger partial charge in [0, 0.05) is 23.9 Å². The average Bonchev–Trinajstić information content (AvgIpc) is 3.41. The molecule has 3 aromatic carbocycles. The van der Waals surface area contributed by atoms with Crippen molar-refractivity contribution in [3.05, 3.63) is 119 Å². The first-order valence-electron chi connectivity index (χ1n) is 13.5. The van der Waals surface area contributed by atoms with Gasteiger partial charge in [0.25, 0.3) is 0 Å². The van der Waals surface area contributed by atoms with Gasteiger partial charge in [0.15, 0.2) is 8.32 Å². The molecule has 6 rings (SSSR count). The van der Waals surface area contributed by atoms with Crippen LogP contribution >= 0.6 is 0 Å². The van der Waals surface area contributed by atoms with Crippen LogP contribution in [0.4, 0.5) is 0 Å². The Morgan fingerprint density at radius 1 is 0.769 bits per heavy atom. The molecule has 200 valence electrons. The molecule has 5 heteroatoms. The third-order valence-corrected chi connectivity index (χ3v) is 9.57. The van der Waals surface area contributed by atoms with Gasteiger partial charge in [-0.1, -0.05) is 104 Å². The topological polar surface area (TPSA) is 9.23 Å². The molecule has 0 N–H and O–H groups in total. The fourth-order valence-corrected chi connectivity index (χ4v) is 7.78. The minimum Gasteiger partial charge on any atom is -1.00 e. The zero-order valence-electron chi connectivity index (χ0n) is 23.2. The molecule has 2 atom stereocenters. The molecule has 3 aromatic rings. The zero-order chi connectivity index (χ0) is 24.9. The van der Waals surface area contributed by atoms with Gasteiger partial charge in [-0.3, -0.25) is 0 Å². The minimum absolute atomic E-state index is 0. The largest absolute Gasteiger partial charge is 2.00 e. The van der Waals surface area contributed by atoms with Gasteiger partial charge in [0.1, 0.15) is 0 Å². The maximum Gasteiger partial charge on any atom is 2.00 e. The summed E-state index contributed by atoms with van der Waals surface area (Å²) in [4.78, 5) is 0. The molecule has 0 aliphatic heterocycles. The van der Waals surface area contributed by atoms with E-state index in [4.69, 9.17) is 4.43 Å². The zero-order valence-corrected chi connectivity index (χ0v) is 28.1. The van der Waals surface area contributed by atoms with Crippen LogP contribution in [0.5, 0.6) is 0 Å². The Balaban J connectivity index is 0.00000140. The first kappa shape index (κ1) is 32.0. The van der Waals surface area contributed by atoms with Crippen LogP contribution in [0, 0.1) is 11.3 Å². The predicted octanol–water partition coefficient (Wildman–Crippen LogP) is 1.20. The Bertz CT molecular complexity index is 1470. The van der Waals surface area contributed by atoms with E-state index >= 15 is 0 Å². The smallest absolute Gasteiger partial charge is 1.00 e. The second-order valence-corrected chi connectivity index (χ2v) is 16.0. The molecule has 2 unspecified atom stereocenters. The molecule has 0 radical (unpaired) electrons. The Labute approximate surface area is 266 Å². The van der Waals surface area contributed by atoms with Crippen molar-refractivity contribution in [2.75, 3.05) is 6.61 Å². The number of hydrogen-bond donors (Lipinski definition) is 0. The molecule has 39 heavy (non-hydrogen) atoms. The molecule has 0 heterocycles.